The molecule has 4 nitrogen and oxygen atoms in total. The Morgan fingerprint density at radius 3 is 2.83 bits per heavy atom. The molecule has 0 saturated heterocycles. The molecule has 0 heterocycles. The van der Waals surface area contributed by atoms with Crippen LogP contribution in [0.2, 0.25) is 0 Å². The van der Waals surface area contributed by atoms with Gasteiger partial charge < -0.3 is 15.7 Å². The minimum absolute atomic E-state index is 0.322. The number of hydrogen-bond acceptors (Lipinski definition) is 3. The van der Waals surface area contributed by atoms with Crippen LogP contribution in [0.25, 0.3) is 0 Å². The van der Waals surface area contributed by atoms with Gasteiger partial charge in [0.1, 0.15) is 0 Å². The summed E-state index contributed by atoms with van der Waals surface area (Å²) in [5.74, 6) is 0. The van der Waals surface area contributed by atoms with Crippen LogP contribution in [0.5, 0.6) is 0 Å². The Morgan fingerprint density at radius 1 is 1.50 bits per heavy atom. The number of rotatable bonds is 8. The highest BCUT2D eigenvalue weighted by Gasteiger charge is 2.00. The molecule has 0 bridgehead atoms. The first-order valence-electron chi connectivity index (χ1n) is 4.37. The van der Waals surface area contributed by atoms with Crippen molar-refractivity contribution in [2.75, 3.05) is 19.6 Å². The van der Waals surface area contributed by atoms with Gasteiger partial charge in [-0.05, 0) is 13.0 Å². The van der Waals surface area contributed by atoms with Gasteiger partial charge in [0.2, 0.25) is 6.41 Å². The van der Waals surface area contributed by atoms with Gasteiger partial charge in [0, 0.05) is 13.1 Å². The summed E-state index contributed by atoms with van der Waals surface area (Å²) in [6.07, 6.45) is 2.38. The second-order valence-electron chi connectivity index (χ2n) is 2.74. The molecule has 0 radical (unpaired) electrons. The summed E-state index contributed by atoms with van der Waals surface area (Å²) in [5.41, 5.74) is 0. The fraction of sp³-hybridized carbons (Fsp3) is 0.875. The summed E-state index contributed by atoms with van der Waals surface area (Å²) in [4.78, 5) is 9.84. The number of carbonyl (C=O) groups is 1. The molecule has 1 amide bonds. The lowest BCUT2D eigenvalue weighted by Crippen LogP contribution is -2.35. The topological polar surface area (TPSA) is 61.4 Å². The van der Waals surface area contributed by atoms with E-state index >= 15 is 0 Å². The van der Waals surface area contributed by atoms with Crippen LogP contribution in [0.15, 0.2) is 0 Å². The molecule has 0 aliphatic heterocycles. The molecule has 1 atom stereocenters. The quantitative estimate of drug-likeness (QED) is 0.343. The van der Waals surface area contributed by atoms with E-state index in [1.807, 2.05) is 0 Å². The molecular formula is C8H18N2O2. The first kappa shape index (κ1) is 11.4. The monoisotopic (exact) mass is 174 g/mol. The lowest BCUT2D eigenvalue weighted by atomic mass is 10.3. The van der Waals surface area contributed by atoms with Crippen molar-refractivity contribution < 1.29 is 9.90 Å². The van der Waals surface area contributed by atoms with Gasteiger partial charge in [0.05, 0.1) is 6.10 Å². The molecule has 0 aromatic heterocycles. The summed E-state index contributed by atoms with van der Waals surface area (Å²) in [5, 5.41) is 14.7. The molecule has 3 N–H and O–H groups in total. The molecule has 0 aromatic rings. The number of aliphatic hydroxyl groups excluding tert-OH is 1. The van der Waals surface area contributed by atoms with Crippen molar-refractivity contribution >= 4 is 6.41 Å². The smallest absolute Gasteiger partial charge is 0.207 e. The van der Waals surface area contributed by atoms with E-state index in [1.165, 1.54) is 0 Å². The standard InChI is InChI=1S/C8H18N2O2/c1-2-3-4-9-5-8(12)6-10-7-11/h7-9,12H,2-6H2,1H3,(H,10,11). The van der Waals surface area contributed by atoms with E-state index < -0.39 is 6.10 Å². The number of amides is 1. The molecule has 0 aliphatic rings. The van der Waals surface area contributed by atoms with E-state index in [4.69, 9.17) is 0 Å². The maximum absolute atomic E-state index is 9.84. The zero-order chi connectivity index (χ0) is 9.23. The number of unbranched alkanes of at least 4 members (excludes halogenated alkanes) is 1. The molecule has 0 rings (SSSR count). The predicted octanol–water partition coefficient (Wildman–Crippen LogP) is -0.517. The second-order valence-corrected chi connectivity index (χ2v) is 2.74. The largest absolute Gasteiger partial charge is 0.390 e. The Bertz CT molecular complexity index is 109. The zero-order valence-electron chi connectivity index (χ0n) is 7.55. The van der Waals surface area contributed by atoms with Crippen LogP contribution in [0.1, 0.15) is 19.8 Å². The summed E-state index contributed by atoms with van der Waals surface area (Å²) in [6, 6.07) is 0. The Balaban J connectivity index is 3.07. The van der Waals surface area contributed by atoms with Gasteiger partial charge in [-0.25, -0.2) is 0 Å². The molecular weight excluding hydrogens is 156 g/mol. The first-order chi connectivity index (χ1) is 5.81. The predicted molar refractivity (Wildman–Crippen MR) is 47.9 cm³/mol. The van der Waals surface area contributed by atoms with Crippen molar-refractivity contribution in [2.45, 2.75) is 25.9 Å². The maximum Gasteiger partial charge on any atom is 0.207 e. The third-order valence-electron chi connectivity index (χ3n) is 1.52. The average molecular weight is 174 g/mol. The maximum atomic E-state index is 9.84. The number of aliphatic hydroxyl groups is 1. The van der Waals surface area contributed by atoms with Gasteiger partial charge >= 0.3 is 0 Å². The van der Waals surface area contributed by atoms with Gasteiger partial charge in [-0.3, -0.25) is 4.79 Å². The van der Waals surface area contributed by atoms with Gasteiger partial charge in [-0.15, -0.1) is 0 Å². The highest BCUT2D eigenvalue weighted by Crippen LogP contribution is 1.83. The van der Waals surface area contributed by atoms with Crippen molar-refractivity contribution in [3.05, 3.63) is 0 Å². The van der Waals surface area contributed by atoms with Crippen LogP contribution < -0.4 is 10.6 Å². The van der Waals surface area contributed by atoms with Crippen LogP contribution >= 0.6 is 0 Å². The molecule has 0 spiro atoms. The van der Waals surface area contributed by atoms with E-state index in [1.54, 1.807) is 0 Å². The molecule has 0 fully saturated rings. The van der Waals surface area contributed by atoms with Crippen molar-refractivity contribution in [1.29, 1.82) is 0 Å². The van der Waals surface area contributed by atoms with Gasteiger partial charge in [-0.1, -0.05) is 13.3 Å². The Morgan fingerprint density at radius 2 is 2.25 bits per heavy atom. The Kier molecular flexibility index (Phi) is 8.05. The third-order valence-corrected chi connectivity index (χ3v) is 1.52. The van der Waals surface area contributed by atoms with Crippen LogP contribution in [0, 0.1) is 0 Å². The molecule has 0 aromatic carbocycles. The summed E-state index contributed by atoms with van der Waals surface area (Å²) in [7, 11) is 0. The van der Waals surface area contributed by atoms with Gasteiger partial charge in [0.15, 0.2) is 0 Å². The third kappa shape index (κ3) is 7.50. The van der Waals surface area contributed by atoms with E-state index in [9.17, 15) is 9.90 Å². The number of hydrogen-bond donors (Lipinski definition) is 3. The van der Waals surface area contributed by atoms with Crippen molar-refractivity contribution in [3.63, 3.8) is 0 Å². The molecule has 4 heteroatoms. The second kappa shape index (κ2) is 8.49. The highest BCUT2D eigenvalue weighted by molar-refractivity contribution is 5.45. The van der Waals surface area contributed by atoms with Gasteiger partial charge in [0.25, 0.3) is 0 Å². The molecule has 1 unspecified atom stereocenters. The van der Waals surface area contributed by atoms with Crippen LogP contribution in [-0.2, 0) is 4.79 Å². The summed E-state index contributed by atoms with van der Waals surface area (Å²) < 4.78 is 0. The van der Waals surface area contributed by atoms with Gasteiger partial charge in [-0.2, -0.15) is 0 Å². The average Bonchev–Trinajstić information content (AvgIpc) is 2.09. The number of nitrogens with one attached hydrogen (secondary N) is 2. The lowest BCUT2D eigenvalue weighted by molar-refractivity contribution is -0.109. The minimum Gasteiger partial charge on any atom is -0.390 e. The van der Waals surface area contributed by atoms with E-state index in [0.717, 1.165) is 19.4 Å². The summed E-state index contributed by atoms with van der Waals surface area (Å²) in [6.45, 7) is 3.91. The van der Waals surface area contributed by atoms with Crippen LogP contribution in [0.3, 0.4) is 0 Å². The molecule has 0 aliphatic carbocycles. The van der Waals surface area contributed by atoms with Crippen molar-refractivity contribution in [2.24, 2.45) is 0 Å². The van der Waals surface area contributed by atoms with Crippen LogP contribution in [0.4, 0.5) is 0 Å². The molecule has 12 heavy (non-hydrogen) atoms. The molecule has 72 valence electrons. The fourth-order valence-corrected chi connectivity index (χ4v) is 0.827. The van der Waals surface area contributed by atoms with E-state index in [2.05, 4.69) is 17.6 Å². The lowest BCUT2D eigenvalue weighted by Gasteiger charge is -2.10. The fourth-order valence-electron chi connectivity index (χ4n) is 0.827. The summed E-state index contributed by atoms with van der Waals surface area (Å²) >= 11 is 0. The Hall–Kier alpha value is -0.610. The first-order valence-corrected chi connectivity index (χ1v) is 4.37. The zero-order valence-corrected chi connectivity index (χ0v) is 7.55. The van der Waals surface area contributed by atoms with Crippen LogP contribution in [-0.4, -0.2) is 37.3 Å². The minimum atomic E-state index is -0.480. The molecule has 0 saturated carbocycles. The van der Waals surface area contributed by atoms with E-state index in [-0.39, 0.29) is 0 Å². The van der Waals surface area contributed by atoms with Crippen molar-refractivity contribution in [3.8, 4) is 0 Å². The SMILES string of the molecule is CCCCNCC(O)CNC=O. The van der Waals surface area contributed by atoms with Crippen molar-refractivity contribution in [1.82, 2.24) is 10.6 Å². The Labute approximate surface area is 73.3 Å². The normalized spacial score (nSPS) is 12.5. The van der Waals surface area contributed by atoms with E-state index in [0.29, 0.717) is 19.5 Å². The number of carbonyl (C=O) groups excluding carboxylic acids is 1. The highest BCUT2D eigenvalue weighted by atomic mass is 16.3.